The standard InChI is InChI=1S/C15H20N2O2/c1-4-5-12(10-16)15(18)17-13-6-8-14(9-7-13)19-11(2)3/h6-9,11-12H,4-5H2,1-3H3,(H,17,18). The molecule has 0 aliphatic rings. The summed E-state index contributed by atoms with van der Waals surface area (Å²) in [5.41, 5.74) is 0.678. The quantitative estimate of drug-likeness (QED) is 0.853. The number of nitrogens with zero attached hydrogens (tertiary/aromatic N) is 1. The SMILES string of the molecule is CCCC(C#N)C(=O)Nc1ccc(OC(C)C)cc1. The van der Waals surface area contributed by atoms with Gasteiger partial charge in [0.15, 0.2) is 0 Å². The van der Waals surface area contributed by atoms with E-state index in [1.165, 1.54) is 0 Å². The summed E-state index contributed by atoms with van der Waals surface area (Å²) >= 11 is 0. The summed E-state index contributed by atoms with van der Waals surface area (Å²) in [6.45, 7) is 5.87. The van der Waals surface area contributed by atoms with Gasteiger partial charge in [0.1, 0.15) is 11.7 Å². The highest BCUT2D eigenvalue weighted by Gasteiger charge is 2.16. The molecule has 0 heterocycles. The first-order chi connectivity index (χ1) is 9.06. The summed E-state index contributed by atoms with van der Waals surface area (Å²) in [5, 5.41) is 11.7. The van der Waals surface area contributed by atoms with Crippen molar-refractivity contribution in [2.24, 2.45) is 5.92 Å². The molecule has 0 saturated carbocycles. The van der Waals surface area contributed by atoms with E-state index in [0.717, 1.165) is 12.2 Å². The first-order valence-corrected chi connectivity index (χ1v) is 6.54. The zero-order valence-electron chi connectivity index (χ0n) is 11.6. The monoisotopic (exact) mass is 260 g/mol. The fourth-order valence-electron chi connectivity index (χ4n) is 1.66. The van der Waals surface area contributed by atoms with Crippen molar-refractivity contribution in [1.82, 2.24) is 0 Å². The highest BCUT2D eigenvalue weighted by Crippen LogP contribution is 2.18. The first kappa shape index (κ1) is 15.0. The summed E-state index contributed by atoms with van der Waals surface area (Å²) in [5.74, 6) is -0.0724. The molecular formula is C15H20N2O2. The molecule has 19 heavy (non-hydrogen) atoms. The maximum absolute atomic E-state index is 11.8. The average molecular weight is 260 g/mol. The van der Waals surface area contributed by atoms with E-state index in [9.17, 15) is 4.79 Å². The molecule has 0 aliphatic heterocycles. The van der Waals surface area contributed by atoms with Gasteiger partial charge >= 0.3 is 0 Å². The lowest BCUT2D eigenvalue weighted by atomic mass is 10.0. The number of hydrogen-bond acceptors (Lipinski definition) is 3. The number of benzene rings is 1. The van der Waals surface area contributed by atoms with Crippen molar-refractivity contribution >= 4 is 11.6 Å². The molecule has 0 radical (unpaired) electrons. The molecule has 0 saturated heterocycles. The van der Waals surface area contributed by atoms with Gasteiger partial charge < -0.3 is 10.1 Å². The van der Waals surface area contributed by atoms with Crippen molar-refractivity contribution in [3.63, 3.8) is 0 Å². The second-order valence-corrected chi connectivity index (χ2v) is 4.65. The molecule has 0 fully saturated rings. The maximum Gasteiger partial charge on any atom is 0.241 e. The molecule has 4 heteroatoms. The molecule has 0 aromatic heterocycles. The number of ether oxygens (including phenoxy) is 1. The third-order valence-corrected chi connectivity index (χ3v) is 2.54. The Kier molecular flexibility index (Phi) is 5.87. The normalized spacial score (nSPS) is 11.7. The number of nitrogens with one attached hydrogen (secondary N) is 1. The lowest BCUT2D eigenvalue weighted by molar-refractivity contribution is -0.118. The molecular weight excluding hydrogens is 240 g/mol. The molecule has 0 bridgehead atoms. The molecule has 1 atom stereocenters. The van der Waals surface area contributed by atoms with Crippen LogP contribution < -0.4 is 10.1 Å². The zero-order chi connectivity index (χ0) is 14.3. The van der Waals surface area contributed by atoms with Gasteiger partial charge in [-0.15, -0.1) is 0 Å². The van der Waals surface area contributed by atoms with Gasteiger partial charge in [0.05, 0.1) is 12.2 Å². The van der Waals surface area contributed by atoms with Crippen LogP contribution in [0.4, 0.5) is 5.69 Å². The minimum Gasteiger partial charge on any atom is -0.491 e. The molecule has 1 amide bonds. The molecule has 0 spiro atoms. The molecule has 102 valence electrons. The van der Waals surface area contributed by atoms with E-state index in [-0.39, 0.29) is 12.0 Å². The van der Waals surface area contributed by atoms with Crippen LogP contribution in [0.25, 0.3) is 0 Å². The lowest BCUT2D eigenvalue weighted by Crippen LogP contribution is -2.21. The van der Waals surface area contributed by atoms with Crippen molar-refractivity contribution in [1.29, 1.82) is 5.26 Å². The fraction of sp³-hybridized carbons (Fsp3) is 0.467. The predicted molar refractivity (Wildman–Crippen MR) is 74.8 cm³/mol. The van der Waals surface area contributed by atoms with E-state index >= 15 is 0 Å². The summed E-state index contributed by atoms with van der Waals surface area (Å²) in [6.07, 6.45) is 1.51. The molecule has 1 rings (SSSR count). The van der Waals surface area contributed by atoms with Crippen molar-refractivity contribution in [2.45, 2.75) is 39.7 Å². The number of nitriles is 1. The van der Waals surface area contributed by atoms with E-state index < -0.39 is 5.92 Å². The Morgan fingerprint density at radius 3 is 2.47 bits per heavy atom. The van der Waals surface area contributed by atoms with Crippen molar-refractivity contribution in [2.75, 3.05) is 5.32 Å². The number of carbonyl (C=O) groups excluding carboxylic acids is 1. The van der Waals surface area contributed by atoms with Crippen molar-refractivity contribution in [3.8, 4) is 11.8 Å². The lowest BCUT2D eigenvalue weighted by Gasteiger charge is -2.12. The Hall–Kier alpha value is -2.02. The highest BCUT2D eigenvalue weighted by atomic mass is 16.5. The second-order valence-electron chi connectivity index (χ2n) is 4.65. The van der Waals surface area contributed by atoms with Gasteiger partial charge in [0.25, 0.3) is 0 Å². The van der Waals surface area contributed by atoms with E-state index in [1.807, 2.05) is 26.8 Å². The van der Waals surface area contributed by atoms with Crippen molar-refractivity contribution < 1.29 is 9.53 Å². The summed E-state index contributed by atoms with van der Waals surface area (Å²) in [7, 11) is 0. The Labute approximate surface area is 114 Å². The van der Waals surface area contributed by atoms with E-state index in [1.54, 1.807) is 24.3 Å². The Balaban J connectivity index is 2.62. The van der Waals surface area contributed by atoms with Crippen LogP contribution in [-0.4, -0.2) is 12.0 Å². The smallest absolute Gasteiger partial charge is 0.241 e. The van der Waals surface area contributed by atoms with Crippen LogP contribution in [0.15, 0.2) is 24.3 Å². The van der Waals surface area contributed by atoms with Crippen LogP contribution in [0.3, 0.4) is 0 Å². The van der Waals surface area contributed by atoms with E-state index in [0.29, 0.717) is 12.1 Å². The predicted octanol–water partition coefficient (Wildman–Crippen LogP) is 3.35. The van der Waals surface area contributed by atoms with Gasteiger partial charge in [-0.2, -0.15) is 5.26 Å². The molecule has 1 aromatic carbocycles. The molecule has 1 N–H and O–H groups in total. The van der Waals surface area contributed by atoms with Gasteiger partial charge in [-0.3, -0.25) is 4.79 Å². The minimum atomic E-state index is -0.586. The van der Waals surface area contributed by atoms with Crippen LogP contribution in [0, 0.1) is 17.2 Å². The van der Waals surface area contributed by atoms with Gasteiger partial charge in [0.2, 0.25) is 5.91 Å². The highest BCUT2D eigenvalue weighted by molar-refractivity contribution is 5.94. The first-order valence-electron chi connectivity index (χ1n) is 6.54. The Morgan fingerprint density at radius 1 is 1.37 bits per heavy atom. The number of anilines is 1. The van der Waals surface area contributed by atoms with E-state index in [2.05, 4.69) is 5.32 Å². The van der Waals surface area contributed by atoms with Crippen LogP contribution in [-0.2, 0) is 4.79 Å². The molecule has 4 nitrogen and oxygen atoms in total. The van der Waals surface area contributed by atoms with Crippen LogP contribution >= 0.6 is 0 Å². The summed E-state index contributed by atoms with van der Waals surface area (Å²) in [6, 6.07) is 9.18. The summed E-state index contributed by atoms with van der Waals surface area (Å²) < 4.78 is 5.52. The van der Waals surface area contributed by atoms with E-state index in [4.69, 9.17) is 10.00 Å². The Bertz CT molecular complexity index is 446. The van der Waals surface area contributed by atoms with Crippen LogP contribution in [0.1, 0.15) is 33.6 Å². The third kappa shape index (κ3) is 5.01. The minimum absolute atomic E-state index is 0.118. The third-order valence-electron chi connectivity index (χ3n) is 2.54. The number of rotatable bonds is 6. The van der Waals surface area contributed by atoms with Gasteiger partial charge in [-0.1, -0.05) is 13.3 Å². The summed E-state index contributed by atoms with van der Waals surface area (Å²) in [4.78, 5) is 11.8. The van der Waals surface area contributed by atoms with Gasteiger partial charge in [-0.25, -0.2) is 0 Å². The van der Waals surface area contributed by atoms with Crippen LogP contribution in [0.2, 0.25) is 0 Å². The zero-order valence-corrected chi connectivity index (χ0v) is 11.6. The average Bonchev–Trinajstić information content (AvgIpc) is 2.37. The molecule has 1 aromatic rings. The largest absolute Gasteiger partial charge is 0.491 e. The second kappa shape index (κ2) is 7.42. The maximum atomic E-state index is 11.8. The number of carbonyl (C=O) groups is 1. The molecule has 1 unspecified atom stereocenters. The Morgan fingerprint density at radius 2 is 2.00 bits per heavy atom. The number of amides is 1. The molecule has 0 aliphatic carbocycles. The van der Waals surface area contributed by atoms with Crippen LogP contribution in [0.5, 0.6) is 5.75 Å². The van der Waals surface area contributed by atoms with Gasteiger partial charge in [0, 0.05) is 5.69 Å². The number of hydrogen-bond donors (Lipinski definition) is 1. The topological polar surface area (TPSA) is 62.1 Å². The fourth-order valence-corrected chi connectivity index (χ4v) is 1.66. The van der Waals surface area contributed by atoms with Gasteiger partial charge in [-0.05, 0) is 44.5 Å². The van der Waals surface area contributed by atoms with Crippen molar-refractivity contribution in [3.05, 3.63) is 24.3 Å².